The van der Waals surface area contributed by atoms with E-state index in [1.54, 1.807) is 38.1 Å². The number of hydrogen-bond donors (Lipinski definition) is 2. The van der Waals surface area contributed by atoms with Crippen molar-refractivity contribution in [1.82, 2.24) is 0 Å². The third-order valence-electron chi connectivity index (χ3n) is 4.86. The van der Waals surface area contributed by atoms with E-state index in [1.807, 2.05) is 0 Å². The van der Waals surface area contributed by atoms with Crippen molar-refractivity contribution in [2.75, 3.05) is 13.2 Å². The molecule has 1 saturated heterocycles. The van der Waals surface area contributed by atoms with Gasteiger partial charge in [0.05, 0.1) is 26.4 Å². The minimum Gasteiger partial charge on any atom is -0.388 e. The maximum atomic E-state index is 13.0. The molecule has 2 N–H and O–H groups in total. The molecule has 2 aromatic rings. The summed E-state index contributed by atoms with van der Waals surface area (Å²) >= 11 is 0. The molecule has 8 heteroatoms. The lowest BCUT2D eigenvalue weighted by molar-refractivity contribution is -0.165. The summed E-state index contributed by atoms with van der Waals surface area (Å²) in [5.74, 6) is -1.66. The number of hydrogen-bond acceptors (Lipinski definition) is 6. The number of ether oxygens (including phenoxy) is 4. The van der Waals surface area contributed by atoms with Crippen LogP contribution in [0.15, 0.2) is 48.5 Å². The lowest BCUT2D eigenvalue weighted by Gasteiger charge is -2.25. The third kappa shape index (κ3) is 7.03. The molecule has 0 spiro atoms. The van der Waals surface area contributed by atoms with Gasteiger partial charge in [0.2, 0.25) is 0 Å². The van der Waals surface area contributed by atoms with Gasteiger partial charge in [0.25, 0.3) is 0 Å². The maximum Gasteiger partial charge on any atom is 0.164 e. The van der Waals surface area contributed by atoms with Crippen molar-refractivity contribution in [2.24, 2.45) is 0 Å². The van der Waals surface area contributed by atoms with Crippen LogP contribution >= 0.6 is 0 Å². The Morgan fingerprint density at radius 2 is 1.13 bits per heavy atom. The molecule has 0 radical (unpaired) electrons. The van der Waals surface area contributed by atoms with Crippen LogP contribution in [0, 0.1) is 11.6 Å². The van der Waals surface area contributed by atoms with Gasteiger partial charge in [0.1, 0.15) is 36.1 Å². The number of halogens is 2. The van der Waals surface area contributed by atoms with Crippen LogP contribution in [0.25, 0.3) is 0 Å². The molecule has 4 atom stereocenters. The highest BCUT2D eigenvalue weighted by Gasteiger charge is 2.48. The highest BCUT2D eigenvalue weighted by Crippen LogP contribution is 2.32. The van der Waals surface area contributed by atoms with Gasteiger partial charge in [-0.25, -0.2) is 8.78 Å². The van der Waals surface area contributed by atoms with E-state index in [0.717, 1.165) is 11.1 Å². The lowest BCUT2D eigenvalue weighted by Crippen LogP contribution is -2.45. The van der Waals surface area contributed by atoms with Gasteiger partial charge in [0, 0.05) is 0 Å². The molecule has 170 valence electrons. The molecule has 0 aliphatic carbocycles. The van der Waals surface area contributed by atoms with Crippen molar-refractivity contribution in [3.05, 3.63) is 71.3 Å². The Hall–Kier alpha value is -1.94. The highest BCUT2D eigenvalue weighted by molar-refractivity contribution is 5.15. The maximum absolute atomic E-state index is 13.0. The monoisotopic (exact) mass is 438 g/mol. The Bertz CT molecular complexity index is 744. The molecule has 6 nitrogen and oxygen atoms in total. The van der Waals surface area contributed by atoms with Crippen molar-refractivity contribution in [3.63, 3.8) is 0 Å². The molecule has 1 aliphatic heterocycles. The van der Waals surface area contributed by atoms with Gasteiger partial charge in [-0.3, -0.25) is 0 Å². The summed E-state index contributed by atoms with van der Waals surface area (Å²) in [6, 6.07) is 11.8. The number of benzene rings is 2. The van der Waals surface area contributed by atoms with E-state index in [0.29, 0.717) is 0 Å². The average Bonchev–Trinajstić information content (AvgIpc) is 3.06. The van der Waals surface area contributed by atoms with Crippen molar-refractivity contribution in [1.29, 1.82) is 0 Å². The first-order valence-corrected chi connectivity index (χ1v) is 10.1. The SMILES string of the molecule is CC1(C)O[C@H]([C@H](O)COCc2ccc(F)cc2)[C@@H]([C@H](O)COCc2ccc(F)cc2)O1. The first kappa shape index (κ1) is 23.7. The van der Waals surface area contributed by atoms with Gasteiger partial charge in [-0.2, -0.15) is 0 Å². The normalized spacial score (nSPS) is 22.4. The van der Waals surface area contributed by atoms with Crippen LogP contribution in [0.2, 0.25) is 0 Å². The van der Waals surface area contributed by atoms with Gasteiger partial charge in [-0.05, 0) is 49.2 Å². The van der Waals surface area contributed by atoms with Crippen molar-refractivity contribution < 1.29 is 37.9 Å². The zero-order valence-corrected chi connectivity index (χ0v) is 17.5. The third-order valence-corrected chi connectivity index (χ3v) is 4.86. The molecule has 3 rings (SSSR count). The smallest absolute Gasteiger partial charge is 0.164 e. The second kappa shape index (κ2) is 10.6. The van der Waals surface area contributed by atoms with Gasteiger partial charge in [-0.1, -0.05) is 24.3 Å². The molecule has 0 saturated carbocycles. The fraction of sp³-hybridized carbons (Fsp3) is 0.478. The molecular weight excluding hydrogens is 410 g/mol. The van der Waals surface area contributed by atoms with Crippen LogP contribution in [0.1, 0.15) is 25.0 Å². The quantitative estimate of drug-likeness (QED) is 0.594. The van der Waals surface area contributed by atoms with Crippen LogP contribution in [0.5, 0.6) is 0 Å². The van der Waals surface area contributed by atoms with E-state index < -0.39 is 30.2 Å². The zero-order valence-electron chi connectivity index (χ0n) is 17.5. The summed E-state index contributed by atoms with van der Waals surface area (Å²) in [6.45, 7) is 3.67. The summed E-state index contributed by atoms with van der Waals surface area (Å²) in [4.78, 5) is 0. The second-order valence-corrected chi connectivity index (χ2v) is 7.98. The summed E-state index contributed by atoms with van der Waals surface area (Å²) < 4.78 is 48.6. The van der Waals surface area contributed by atoms with E-state index in [4.69, 9.17) is 18.9 Å². The van der Waals surface area contributed by atoms with Gasteiger partial charge < -0.3 is 29.2 Å². The van der Waals surface area contributed by atoms with Gasteiger partial charge in [-0.15, -0.1) is 0 Å². The highest BCUT2D eigenvalue weighted by atomic mass is 19.1. The molecule has 0 unspecified atom stereocenters. The van der Waals surface area contributed by atoms with E-state index in [2.05, 4.69) is 0 Å². The standard InChI is InChI=1S/C23H28F2O6/c1-23(2)30-21(19(26)13-28-11-15-3-7-17(24)8-4-15)22(31-23)20(27)14-29-12-16-5-9-18(25)10-6-16/h3-10,19-22,26-27H,11-14H2,1-2H3/t19-,20-,21-,22-/m1/s1. The van der Waals surface area contributed by atoms with Crippen LogP contribution in [0.3, 0.4) is 0 Å². The number of aliphatic hydroxyl groups is 2. The van der Waals surface area contributed by atoms with Crippen molar-refractivity contribution >= 4 is 0 Å². The molecule has 0 amide bonds. The summed E-state index contributed by atoms with van der Waals surface area (Å²) in [5.41, 5.74) is 1.53. The molecular formula is C23H28F2O6. The minimum atomic E-state index is -1.06. The van der Waals surface area contributed by atoms with Gasteiger partial charge in [0.15, 0.2) is 5.79 Å². The fourth-order valence-corrected chi connectivity index (χ4v) is 3.36. The molecule has 31 heavy (non-hydrogen) atoms. The van der Waals surface area contributed by atoms with Crippen LogP contribution < -0.4 is 0 Å². The van der Waals surface area contributed by atoms with E-state index >= 15 is 0 Å². The Balaban J connectivity index is 1.50. The van der Waals surface area contributed by atoms with Crippen LogP contribution in [-0.2, 0) is 32.2 Å². The molecule has 1 heterocycles. The molecule has 0 bridgehead atoms. The summed E-state index contributed by atoms with van der Waals surface area (Å²) in [6.07, 6.45) is -3.77. The Morgan fingerprint density at radius 3 is 1.48 bits per heavy atom. The topological polar surface area (TPSA) is 77.4 Å². The summed E-state index contributed by atoms with van der Waals surface area (Å²) in [5, 5.41) is 21.1. The Kier molecular flexibility index (Phi) is 8.10. The van der Waals surface area contributed by atoms with E-state index in [1.165, 1.54) is 24.3 Å². The first-order chi connectivity index (χ1) is 14.7. The minimum absolute atomic E-state index is 0.0544. The molecule has 1 fully saturated rings. The average molecular weight is 438 g/mol. The van der Waals surface area contributed by atoms with Crippen LogP contribution in [0.4, 0.5) is 8.78 Å². The molecule has 2 aromatic carbocycles. The van der Waals surface area contributed by atoms with Crippen LogP contribution in [-0.4, -0.2) is 53.6 Å². The number of rotatable bonds is 10. The Morgan fingerprint density at radius 1 is 0.774 bits per heavy atom. The summed E-state index contributed by atoms with van der Waals surface area (Å²) in [7, 11) is 0. The van der Waals surface area contributed by atoms with Gasteiger partial charge >= 0.3 is 0 Å². The molecule has 0 aromatic heterocycles. The van der Waals surface area contributed by atoms with Crippen molar-refractivity contribution in [3.8, 4) is 0 Å². The Labute approximate surface area is 180 Å². The predicted octanol–water partition coefficient (Wildman–Crippen LogP) is 2.94. The largest absolute Gasteiger partial charge is 0.388 e. The van der Waals surface area contributed by atoms with E-state index in [9.17, 15) is 19.0 Å². The van der Waals surface area contributed by atoms with E-state index in [-0.39, 0.29) is 38.1 Å². The number of aliphatic hydroxyl groups excluding tert-OH is 2. The zero-order chi connectivity index (χ0) is 22.4. The lowest BCUT2D eigenvalue weighted by atomic mass is 10.0. The first-order valence-electron chi connectivity index (χ1n) is 10.1. The molecule has 1 aliphatic rings. The second-order valence-electron chi connectivity index (χ2n) is 7.98. The van der Waals surface area contributed by atoms with Crippen molar-refractivity contribution in [2.45, 2.75) is 57.3 Å². The fourth-order valence-electron chi connectivity index (χ4n) is 3.36. The predicted molar refractivity (Wildman–Crippen MR) is 108 cm³/mol.